The van der Waals surface area contributed by atoms with Gasteiger partial charge < -0.3 is 10.9 Å². The third-order valence-electron chi connectivity index (χ3n) is 5.58. The second-order valence-corrected chi connectivity index (χ2v) is 8.07. The summed E-state index contributed by atoms with van der Waals surface area (Å²) in [4.78, 5) is 26.8. The van der Waals surface area contributed by atoms with Crippen LogP contribution in [0, 0.1) is 0 Å². The molecular formula is C26H22ClN3O3. The maximum atomic E-state index is 13.6. The fraction of sp³-hybridized carbons (Fsp3) is 0.115. The van der Waals surface area contributed by atoms with Crippen molar-refractivity contribution in [1.82, 2.24) is 4.57 Å². The van der Waals surface area contributed by atoms with E-state index in [2.05, 4.69) is 5.16 Å². The molecule has 0 bridgehead atoms. The summed E-state index contributed by atoms with van der Waals surface area (Å²) in [6, 6.07) is 21.6. The van der Waals surface area contributed by atoms with Crippen LogP contribution in [0.15, 0.2) is 82.7 Å². The van der Waals surface area contributed by atoms with Crippen LogP contribution in [0.1, 0.15) is 35.0 Å². The normalized spacial score (nSPS) is 11.6. The van der Waals surface area contributed by atoms with E-state index < -0.39 is 0 Å². The Morgan fingerprint density at radius 1 is 1.03 bits per heavy atom. The predicted molar refractivity (Wildman–Crippen MR) is 131 cm³/mol. The Morgan fingerprint density at radius 3 is 2.36 bits per heavy atom. The number of hydrogen-bond acceptors (Lipinski definition) is 4. The Balaban J connectivity index is 2.01. The van der Waals surface area contributed by atoms with Gasteiger partial charge in [0.25, 0.3) is 5.56 Å². The van der Waals surface area contributed by atoms with E-state index >= 15 is 0 Å². The molecule has 0 fully saturated rings. The first-order valence-electron chi connectivity index (χ1n) is 10.5. The van der Waals surface area contributed by atoms with Crippen LogP contribution in [-0.2, 0) is 6.54 Å². The van der Waals surface area contributed by atoms with Crippen molar-refractivity contribution in [3.63, 3.8) is 0 Å². The lowest BCUT2D eigenvalue weighted by Crippen LogP contribution is -2.28. The second kappa shape index (κ2) is 9.30. The lowest BCUT2D eigenvalue weighted by Gasteiger charge is -2.19. The van der Waals surface area contributed by atoms with Gasteiger partial charge in [0.05, 0.1) is 12.2 Å². The lowest BCUT2D eigenvalue weighted by atomic mass is 9.94. The number of carbonyl (C=O) groups excluding carboxylic acids is 1. The Morgan fingerprint density at radius 2 is 1.73 bits per heavy atom. The zero-order chi connectivity index (χ0) is 23.5. The van der Waals surface area contributed by atoms with E-state index in [4.69, 9.17) is 22.5 Å². The van der Waals surface area contributed by atoms with Gasteiger partial charge in [-0.15, -0.1) is 0 Å². The molecule has 1 heterocycles. The summed E-state index contributed by atoms with van der Waals surface area (Å²) in [5.41, 5.74) is 8.60. The van der Waals surface area contributed by atoms with Gasteiger partial charge in [0.2, 0.25) is 0 Å². The molecule has 0 saturated heterocycles. The number of rotatable bonds is 6. The zero-order valence-electron chi connectivity index (χ0n) is 18.0. The molecule has 0 saturated carbocycles. The minimum Gasteiger partial charge on any atom is -0.409 e. The highest BCUT2D eigenvalue weighted by atomic mass is 35.5. The van der Waals surface area contributed by atoms with Crippen LogP contribution in [0.2, 0.25) is 5.02 Å². The number of carbonyl (C=O) groups is 1. The van der Waals surface area contributed by atoms with E-state index in [1.807, 2.05) is 30.3 Å². The number of halogens is 1. The van der Waals surface area contributed by atoms with Crippen molar-refractivity contribution in [3.8, 4) is 11.1 Å². The maximum absolute atomic E-state index is 13.6. The van der Waals surface area contributed by atoms with Crippen molar-refractivity contribution >= 4 is 34.0 Å². The van der Waals surface area contributed by atoms with Gasteiger partial charge in [-0.25, -0.2) is 0 Å². The van der Waals surface area contributed by atoms with Crippen LogP contribution in [0.4, 0.5) is 0 Å². The van der Waals surface area contributed by atoms with Crippen molar-refractivity contribution in [2.45, 2.75) is 19.9 Å². The SMILES string of the molecule is CCC(=O)c1c(-c2ccccc2)c2cc(Cl)ccc2c(=O)n1Cc1ccc(/C(N)=N/O)cc1. The van der Waals surface area contributed by atoms with E-state index in [-0.39, 0.29) is 30.1 Å². The minimum atomic E-state index is -0.265. The molecule has 3 aromatic carbocycles. The number of oxime groups is 1. The monoisotopic (exact) mass is 459 g/mol. The largest absolute Gasteiger partial charge is 0.409 e. The van der Waals surface area contributed by atoms with Crippen LogP contribution < -0.4 is 11.3 Å². The highest BCUT2D eigenvalue weighted by molar-refractivity contribution is 6.31. The molecule has 0 unspecified atom stereocenters. The van der Waals surface area contributed by atoms with Gasteiger partial charge in [-0.1, -0.05) is 78.3 Å². The molecule has 0 atom stereocenters. The Hall–Kier alpha value is -3.90. The van der Waals surface area contributed by atoms with Gasteiger partial charge in [0.1, 0.15) is 0 Å². The molecule has 3 N–H and O–H groups in total. The number of nitrogens with zero attached hydrogens (tertiary/aromatic N) is 2. The molecule has 7 heteroatoms. The quantitative estimate of drug-likeness (QED) is 0.138. The summed E-state index contributed by atoms with van der Waals surface area (Å²) in [6.07, 6.45) is 0.244. The van der Waals surface area contributed by atoms with Gasteiger partial charge in [0.15, 0.2) is 11.6 Å². The summed E-state index contributed by atoms with van der Waals surface area (Å²) in [5, 5.41) is 13.5. The number of amidine groups is 1. The molecule has 4 rings (SSSR count). The lowest BCUT2D eigenvalue weighted by molar-refractivity contribution is 0.0979. The molecule has 0 aliphatic rings. The Kier molecular flexibility index (Phi) is 6.29. The number of Topliss-reactive ketones (excluding diaryl/α,β-unsaturated/α-hetero) is 1. The van der Waals surface area contributed by atoms with E-state index in [0.29, 0.717) is 32.6 Å². The zero-order valence-corrected chi connectivity index (χ0v) is 18.7. The van der Waals surface area contributed by atoms with Gasteiger partial charge in [-0.2, -0.15) is 0 Å². The summed E-state index contributed by atoms with van der Waals surface area (Å²) in [7, 11) is 0. The average molecular weight is 460 g/mol. The Bertz CT molecular complexity index is 1430. The number of ketones is 1. The molecule has 4 aromatic rings. The molecular weight excluding hydrogens is 438 g/mol. The highest BCUT2D eigenvalue weighted by Crippen LogP contribution is 2.33. The maximum Gasteiger partial charge on any atom is 0.259 e. The van der Waals surface area contributed by atoms with Crippen molar-refractivity contribution in [2.24, 2.45) is 10.9 Å². The first-order chi connectivity index (χ1) is 15.9. The van der Waals surface area contributed by atoms with Crippen LogP contribution >= 0.6 is 11.6 Å². The summed E-state index contributed by atoms with van der Waals surface area (Å²) < 4.78 is 1.53. The number of nitrogens with two attached hydrogens (primary N) is 1. The minimum absolute atomic E-state index is 0.00508. The molecule has 6 nitrogen and oxygen atoms in total. The predicted octanol–water partition coefficient (Wildman–Crippen LogP) is 5.06. The van der Waals surface area contributed by atoms with Crippen LogP contribution in [0.25, 0.3) is 21.9 Å². The highest BCUT2D eigenvalue weighted by Gasteiger charge is 2.22. The standard InChI is InChI=1S/C26H22ClN3O3/c1-2-22(31)24-23(17-6-4-3-5-7-17)21-14-19(27)12-13-20(21)26(32)30(24)15-16-8-10-18(11-9-16)25(28)29-33/h3-14,33H,2,15H2,1H3,(H2,28,29). The fourth-order valence-electron chi connectivity index (χ4n) is 3.95. The van der Waals surface area contributed by atoms with E-state index in [0.717, 1.165) is 11.1 Å². The number of aromatic nitrogens is 1. The first kappa shape index (κ1) is 22.3. The average Bonchev–Trinajstić information content (AvgIpc) is 2.85. The van der Waals surface area contributed by atoms with E-state index in [9.17, 15) is 9.59 Å². The molecule has 0 aliphatic heterocycles. The summed E-state index contributed by atoms with van der Waals surface area (Å²) in [6.45, 7) is 1.97. The molecule has 0 spiro atoms. The van der Waals surface area contributed by atoms with Crippen molar-refractivity contribution in [1.29, 1.82) is 0 Å². The molecule has 166 valence electrons. The molecule has 0 radical (unpaired) electrons. The van der Waals surface area contributed by atoms with E-state index in [1.54, 1.807) is 49.4 Å². The van der Waals surface area contributed by atoms with Crippen molar-refractivity contribution < 1.29 is 10.0 Å². The molecule has 0 aliphatic carbocycles. The van der Waals surface area contributed by atoms with Gasteiger partial charge in [-0.3, -0.25) is 14.2 Å². The smallest absolute Gasteiger partial charge is 0.259 e. The van der Waals surface area contributed by atoms with Crippen LogP contribution in [0.3, 0.4) is 0 Å². The van der Waals surface area contributed by atoms with E-state index in [1.165, 1.54) is 4.57 Å². The number of benzene rings is 3. The summed E-state index contributed by atoms with van der Waals surface area (Å²) in [5.74, 6) is -0.143. The fourth-order valence-corrected chi connectivity index (χ4v) is 4.12. The number of pyridine rings is 1. The van der Waals surface area contributed by atoms with Gasteiger partial charge in [0, 0.05) is 28.0 Å². The number of hydrogen-bond donors (Lipinski definition) is 2. The third-order valence-corrected chi connectivity index (χ3v) is 5.81. The topological polar surface area (TPSA) is 97.7 Å². The molecule has 33 heavy (non-hydrogen) atoms. The second-order valence-electron chi connectivity index (χ2n) is 7.63. The van der Waals surface area contributed by atoms with Crippen molar-refractivity contribution in [2.75, 3.05) is 0 Å². The van der Waals surface area contributed by atoms with Crippen LogP contribution in [0.5, 0.6) is 0 Å². The van der Waals surface area contributed by atoms with Crippen LogP contribution in [-0.4, -0.2) is 21.4 Å². The summed E-state index contributed by atoms with van der Waals surface area (Å²) >= 11 is 6.29. The van der Waals surface area contributed by atoms with Gasteiger partial charge >= 0.3 is 0 Å². The molecule has 0 amide bonds. The number of fused-ring (bicyclic) bond motifs is 1. The van der Waals surface area contributed by atoms with Crippen molar-refractivity contribution in [3.05, 3.63) is 105 Å². The third kappa shape index (κ3) is 4.25. The first-order valence-corrected chi connectivity index (χ1v) is 10.8. The molecule has 1 aromatic heterocycles. The van der Waals surface area contributed by atoms with Gasteiger partial charge in [-0.05, 0) is 34.7 Å². The Labute approximate surface area is 195 Å².